The van der Waals surface area contributed by atoms with E-state index in [4.69, 9.17) is 13.9 Å². The average Bonchev–Trinajstić information content (AvgIpc) is 3.08. The van der Waals surface area contributed by atoms with Crippen molar-refractivity contribution in [2.75, 3.05) is 13.7 Å². The molecule has 2 heterocycles. The van der Waals surface area contributed by atoms with Crippen LogP contribution in [-0.2, 0) is 19.9 Å². The van der Waals surface area contributed by atoms with Gasteiger partial charge in [0.1, 0.15) is 17.1 Å². The number of fused-ring (bicyclic) bond motifs is 4. The molecule has 0 N–H and O–H groups in total. The number of ketones is 1. The Morgan fingerprint density at radius 3 is 2.71 bits per heavy atom. The molecule has 34 heavy (non-hydrogen) atoms. The van der Waals surface area contributed by atoms with E-state index in [9.17, 15) is 9.59 Å². The summed E-state index contributed by atoms with van der Waals surface area (Å²) in [5.41, 5.74) is 5.39. The highest BCUT2D eigenvalue weighted by Gasteiger charge is 2.24. The van der Waals surface area contributed by atoms with Crippen LogP contribution < -0.4 is 15.1 Å². The molecule has 0 saturated carbocycles. The monoisotopic (exact) mass is 459 g/mol. The summed E-state index contributed by atoms with van der Waals surface area (Å²) >= 11 is 0. The molecule has 1 aliphatic carbocycles. The van der Waals surface area contributed by atoms with Crippen molar-refractivity contribution in [2.24, 2.45) is 13.0 Å². The van der Waals surface area contributed by atoms with Gasteiger partial charge in [0.05, 0.1) is 7.11 Å². The van der Waals surface area contributed by atoms with E-state index in [0.29, 0.717) is 28.6 Å². The van der Waals surface area contributed by atoms with Crippen LogP contribution in [0.25, 0.3) is 21.9 Å². The lowest BCUT2D eigenvalue weighted by Crippen LogP contribution is -2.20. The third kappa shape index (κ3) is 3.49. The first-order chi connectivity index (χ1) is 16.3. The van der Waals surface area contributed by atoms with Gasteiger partial charge in [-0.2, -0.15) is 0 Å². The van der Waals surface area contributed by atoms with Crippen molar-refractivity contribution in [3.8, 4) is 11.5 Å². The van der Waals surface area contributed by atoms with Gasteiger partial charge >= 0.3 is 5.63 Å². The first-order valence-electron chi connectivity index (χ1n) is 11.7. The summed E-state index contributed by atoms with van der Waals surface area (Å²) < 4.78 is 19.1. The highest BCUT2D eigenvalue weighted by atomic mass is 16.5. The molecule has 0 spiro atoms. The van der Waals surface area contributed by atoms with Crippen LogP contribution in [0.1, 0.15) is 46.1 Å². The van der Waals surface area contributed by atoms with Crippen molar-refractivity contribution in [3.05, 3.63) is 68.7 Å². The van der Waals surface area contributed by atoms with Crippen molar-refractivity contribution in [3.63, 3.8) is 0 Å². The van der Waals surface area contributed by atoms with Crippen LogP contribution in [0, 0.1) is 19.8 Å². The van der Waals surface area contributed by atoms with Gasteiger partial charge in [0.15, 0.2) is 6.61 Å². The summed E-state index contributed by atoms with van der Waals surface area (Å²) in [6.45, 7) is 5.90. The molecule has 6 nitrogen and oxygen atoms in total. The Kier molecular flexibility index (Phi) is 5.47. The predicted octanol–water partition coefficient (Wildman–Crippen LogP) is 5.30. The van der Waals surface area contributed by atoms with Gasteiger partial charge < -0.3 is 18.5 Å². The van der Waals surface area contributed by atoms with Gasteiger partial charge in [0.25, 0.3) is 0 Å². The largest absolute Gasteiger partial charge is 0.497 e. The number of carbonyl (C=O) groups is 1. The molecule has 1 unspecified atom stereocenters. The number of carbonyl (C=O) groups excluding carboxylic acids is 1. The molecule has 0 saturated heterocycles. The Bertz CT molecular complexity index is 1510. The molecule has 0 aliphatic heterocycles. The molecule has 6 heteroatoms. The quantitative estimate of drug-likeness (QED) is 0.299. The average molecular weight is 460 g/mol. The number of ether oxygens (including phenoxy) is 2. The number of methoxy groups -OCH3 is 1. The molecule has 1 aliphatic rings. The van der Waals surface area contributed by atoms with Crippen LogP contribution in [0.15, 0.2) is 39.5 Å². The van der Waals surface area contributed by atoms with Gasteiger partial charge in [-0.3, -0.25) is 4.79 Å². The van der Waals surface area contributed by atoms with E-state index in [0.717, 1.165) is 57.9 Å². The van der Waals surface area contributed by atoms with E-state index in [1.54, 1.807) is 7.11 Å². The van der Waals surface area contributed by atoms with Gasteiger partial charge in [0.2, 0.25) is 5.78 Å². The van der Waals surface area contributed by atoms with E-state index in [1.807, 2.05) is 55.8 Å². The van der Waals surface area contributed by atoms with Gasteiger partial charge in [-0.25, -0.2) is 4.79 Å². The van der Waals surface area contributed by atoms with Gasteiger partial charge in [-0.15, -0.1) is 0 Å². The van der Waals surface area contributed by atoms with Crippen LogP contribution in [0.3, 0.4) is 0 Å². The van der Waals surface area contributed by atoms with Gasteiger partial charge in [-0.05, 0) is 74.9 Å². The Balaban J connectivity index is 1.48. The van der Waals surface area contributed by atoms with E-state index in [-0.39, 0.29) is 18.0 Å². The lowest BCUT2D eigenvalue weighted by atomic mass is 9.84. The summed E-state index contributed by atoms with van der Waals surface area (Å²) in [5, 5.41) is 1.81. The fraction of sp³-hybridized carbons (Fsp3) is 0.357. The number of hydrogen-bond donors (Lipinski definition) is 0. The first kappa shape index (κ1) is 22.3. The molecular weight excluding hydrogens is 430 g/mol. The molecule has 5 rings (SSSR count). The number of Topliss-reactive ketones (excluding diaryl/α,β-unsaturated/α-hetero) is 1. The second-order valence-electron chi connectivity index (χ2n) is 9.37. The summed E-state index contributed by atoms with van der Waals surface area (Å²) in [7, 11) is 3.55. The summed E-state index contributed by atoms with van der Waals surface area (Å²) in [5.74, 6) is 1.67. The zero-order valence-electron chi connectivity index (χ0n) is 20.3. The van der Waals surface area contributed by atoms with Crippen LogP contribution >= 0.6 is 0 Å². The molecule has 0 bridgehead atoms. The lowest BCUT2D eigenvalue weighted by molar-refractivity contribution is 0.0922. The molecule has 2 aromatic carbocycles. The first-order valence-corrected chi connectivity index (χ1v) is 11.7. The number of nitrogens with zero attached hydrogens (tertiary/aromatic N) is 1. The number of rotatable bonds is 5. The van der Waals surface area contributed by atoms with Crippen LogP contribution in [-0.4, -0.2) is 24.1 Å². The van der Waals surface area contributed by atoms with E-state index < -0.39 is 0 Å². The number of aromatic nitrogens is 1. The Labute approximate surface area is 198 Å². The maximum absolute atomic E-state index is 13.3. The Hall–Kier alpha value is -3.54. The minimum atomic E-state index is -0.258. The van der Waals surface area contributed by atoms with Crippen molar-refractivity contribution in [1.82, 2.24) is 4.57 Å². The standard InChI is InChI=1S/C28H29NO5/c1-15-6-8-20-21(12-15)19-9-11-25(16(2)27(19)34-28(20)31)33-14-24(30)26-17(3)29(4)23-10-7-18(32-5)13-22(23)26/h7,9-11,13,15H,6,8,12,14H2,1-5H3. The fourth-order valence-corrected chi connectivity index (χ4v) is 5.21. The van der Waals surface area contributed by atoms with Crippen molar-refractivity contribution < 1.29 is 18.7 Å². The molecule has 176 valence electrons. The topological polar surface area (TPSA) is 70.7 Å². The minimum Gasteiger partial charge on any atom is -0.497 e. The number of hydrogen-bond acceptors (Lipinski definition) is 5. The molecular formula is C28H29NO5. The zero-order valence-corrected chi connectivity index (χ0v) is 20.3. The zero-order chi connectivity index (χ0) is 24.1. The Morgan fingerprint density at radius 1 is 1.15 bits per heavy atom. The van der Waals surface area contributed by atoms with Crippen LogP contribution in [0.2, 0.25) is 0 Å². The van der Waals surface area contributed by atoms with Crippen molar-refractivity contribution in [1.29, 1.82) is 0 Å². The molecule has 2 aromatic heterocycles. The molecule has 0 fully saturated rings. The lowest BCUT2D eigenvalue weighted by Gasteiger charge is -2.22. The number of benzene rings is 2. The highest BCUT2D eigenvalue weighted by Crippen LogP contribution is 2.34. The van der Waals surface area contributed by atoms with Crippen molar-refractivity contribution >= 4 is 27.7 Å². The third-order valence-corrected chi connectivity index (χ3v) is 7.26. The third-order valence-electron chi connectivity index (χ3n) is 7.26. The van der Waals surface area contributed by atoms with Gasteiger partial charge in [-0.1, -0.05) is 6.92 Å². The SMILES string of the molecule is COc1ccc2c(c1)c(C(=O)COc1ccc3c4c(c(=O)oc3c1C)CCC(C)C4)c(C)n2C. The maximum atomic E-state index is 13.3. The molecule has 1 atom stereocenters. The van der Waals surface area contributed by atoms with Crippen LogP contribution in [0.5, 0.6) is 11.5 Å². The van der Waals surface area contributed by atoms with E-state index in [1.165, 1.54) is 0 Å². The van der Waals surface area contributed by atoms with E-state index >= 15 is 0 Å². The van der Waals surface area contributed by atoms with Crippen molar-refractivity contribution in [2.45, 2.75) is 40.0 Å². The molecule has 4 aromatic rings. The second-order valence-corrected chi connectivity index (χ2v) is 9.37. The predicted molar refractivity (Wildman–Crippen MR) is 132 cm³/mol. The van der Waals surface area contributed by atoms with E-state index in [2.05, 4.69) is 6.92 Å². The summed E-state index contributed by atoms with van der Waals surface area (Å²) in [4.78, 5) is 25.9. The number of aryl methyl sites for hydroxylation is 2. The van der Waals surface area contributed by atoms with Crippen LogP contribution in [0.4, 0.5) is 0 Å². The normalized spacial score (nSPS) is 15.5. The van der Waals surface area contributed by atoms with Gasteiger partial charge in [0, 0.05) is 45.7 Å². The fourth-order valence-electron chi connectivity index (χ4n) is 5.21. The molecule has 0 radical (unpaired) electrons. The summed E-state index contributed by atoms with van der Waals surface area (Å²) in [6.07, 6.45) is 2.64. The minimum absolute atomic E-state index is 0.114. The Morgan fingerprint density at radius 2 is 1.94 bits per heavy atom. The summed E-state index contributed by atoms with van der Waals surface area (Å²) in [6, 6.07) is 9.56. The molecule has 0 amide bonds. The smallest absolute Gasteiger partial charge is 0.339 e. The maximum Gasteiger partial charge on any atom is 0.339 e. The second kappa shape index (κ2) is 8.35. The highest BCUT2D eigenvalue weighted by molar-refractivity contribution is 6.10.